The summed E-state index contributed by atoms with van der Waals surface area (Å²) in [6, 6.07) is 10.3. The summed E-state index contributed by atoms with van der Waals surface area (Å²) in [6.45, 7) is 1.89. The number of hydrogen-bond donors (Lipinski definition) is 1. The van der Waals surface area contributed by atoms with Crippen molar-refractivity contribution in [3.05, 3.63) is 62.9 Å². The maximum absolute atomic E-state index is 11.8. The van der Waals surface area contributed by atoms with Crippen LogP contribution in [-0.4, -0.2) is 9.55 Å². The second-order valence-corrected chi connectivity index (χ2v) is 3.46. The average molecular weight is 216 g/mol. The molecule has 1 aromatic heterocycles. The molecule has 0 aliphatic carbocycles. The zero-order chi connectivity index (χ0) is 11.5. The number of hydrogen-bond acceptors (Lipinski definition) is 2. The molecular weight excluding hydrogens is 204 g/mol. The van der Waals surface area contributed by atoms with Crippen LogP contribution in [0.1, 0.15) is 12.6 Å². The van der Waals surface area contributed by atoms with Gasteiger partial charge in [0.1, 0.15) is 0 Å². The van der Waals surface area contributed by atoms with Gasteiger partial charge < -0.3 is 4.98 Å². The van der Waals surface area contributed by atoms with Crippen molar-refractivity contribution in [2.45, 2.75) is 13.3 Å². The van der Waals surface area contributed by atoms with E-state index in [-0.39, 0.29) is 5.56 Å². The van der Waals surface area contributed by atoms with Gasteiger partial charge in [-0.05, 0) is 18.6 Å². The lowest BCUT2D eigenvalue weighted by atomic mass is 10.3. The summed E-state index contributed by atoms with van der Waals surface area (Å²) in [5.41, 5.74) is 0.543. The first-order valence-corrected chi connectivity index (χ1v) is 5.13. The van der Waals surface area contributed by atoms with E-state index in [9.17, 15) is 9.59 Å². The van der Waals surface area contributed by atoms with Crippen molar-refractivity contribution in [2.24, 2.45) is 0 Å². The number of H-pyrrole nitrogens is 1. The number of aryl methyl sites for hydroxylation is 1. The van der Waals surface area contributed by atoms with Gasteiger partial charge in [-0.15, -0.1) is 0 Å². The second-order valence-electron chi connectivity index (χ2n) is 3.46. The van der Waals surface area contributed by atoms with Crippen LogP contribution in [0.15, 0.2) is 46.0 Å². The zero-order valence-electron chi connectivity index (χ0n) is 8.93. The Labute approximate surface area is 92.2 Å². The van der Waals surface area contributed by atoms with Crippen molar-refractivity contribution < 1.29 is 0 Å². The first kappa shape index (κ1) is 10.4. The molecule has 0 aliphatic rings. The van der Waals surface area contributed by atoms with Crippen molar-refractivity contribution in [2.75, 3.05) is 0 Å². The van der Waals surface area contributed by atoms with Gasteiger partial charge in [0.15, 0.2) is 0 Å². The normalized spacial score (nSPS) is 10.3. The van der Waals surface area contributed by atoms with Crippen LogP contribution in [0, 0.1) is 0 Å². The SMILES string of the molecule is CCc1cc(=O)n(-c2ccccc2)c(=O)[nH]1. The van der Waals surface area contributed by atoms with Gasteiger partial charge in [-0.1, -0.05) is 25.1 Å². The highest BCUT2D eigenvalue weighted by atomic mass is 16.2. The van der Waals surface area contributed by atoms with E-state index < -0.39 is 5.69 Å². The molecule has 0 saturated carbocycles. The highest BCUT2D eigenvalue weighted by Gasteiger charge is 2.04. The number of nitrogens with one attached hydrogen (secondary N) is 1. The van der Waals surface area contributed by atoms with Gasteiger partial charge in [0.25, 0.3) is 5.56 Å². The van der Waals surface area contributed by atoms with E-state index in [1.54, 1.807) is 24.3 Å². The molecule has 0 saturated heterocycles. The van der Waals surface area contributed by atoms with Crippen LogP contribution >= 0.6 is 0 Å². The number of aromatic nitrogens is 2. The molecule has 4 heteroatoms. The minimum atomic E-state index is -0.393. The summed E-state index contributed by atoms with van der Waals surface area (Å²) < 4.78 is 1.12. The van der Waals surface area contributed by atoms with Gasteiger partial charge in [0, 0.05) is 11.8 Å². The van der Waals surface area contributed by atoms with Gasteiger partial charge in [-0.2, -0.15) is 0 Å². The molecule has 2 aromatic rings. The largest absolute Gasteiger partial charge is 0.333 e. The fraction of sp³-hybridized carbons (Fsp3) is 0.167. The molecule has 1 heterocycles. The number of nitrogens with zero attached hydrogens (tertiary/aromatic N) is 1. The van der Waals surface area contributed by atoms with Gasteiger partial charge in [-0.3, -0.25) is 4.79 Å². The van der Waals surface area contributed by atoms with Crippen LogP contribution in [0.2, 0.25) is 0 Å². The minimum absolute atomic E-state index is 0.299. The van der Waals surface area contributed by atoms with Gasteiger partial charge in [0.05, 0.1) is 5.69 Å². The molecule has 0 bridgehead atoms. The van der Waals surface area contributed by atoms with Crippen molar-refractivity contribution in [3.8, 4) is 5.69 Å². The Morgan fingerprint density at radius 3 is 2.44 bits per heavy atom. The third-order valence-corrected chi connectivity index (χ3v) is 2.38. The molecule has 0 atom stereocenters. The number of benzene rings is 1. The molecule has 4 nitrogen and oxygen atoms in total. The van der Waals surface area contributed by atoms with Crippen LogP contribution < -0.4 is 11.2 Å². The molecule has 0 spiro atoms. The summed E-state index contributed by atoms with van der Waals surface area (Å²) >= 11 is 0. The first-order valence-electron chi connectivity index (χ1n) is 5.13. The number of rotatable bonds is 2. The van der Waals surface area contributed by atoms with Gasteiger partial charge in [0.2, 0.25) is 0 Å². The zero-order valence-corrected chi connectivity index (χ0v) is 8.93. The average Bonchev–Trinajstić information content (AvgIpc) is 2.29. The van der Waals surface area contributed by atoms with Crippen molar-refractivity contribution in [1.29, 1.82) is 0 Å². The molecule has 0 aliphatic heterocycles. The highest BCUT2D eigenvalue weighted by molar-refractivity contribution is 5.31. The first-order chi connectivity index (χ1) is 7.72. The predicted molar refractivity (Wildman–Crippen MR) is 62.0 cm³/mol. The van der Waals surface area contributed by atoms with E-state index in [1.807, 2.05) is 13.0 Å². The van der Waals surface area contributed by atoms with Gasteiger partial charge in [-0.25, -0.2) is 9.36 Å². The van der Waals surface area contributed by atoms with Crippen LogP contribution in [0.25, 0.3) is 5.69 Å². The maximum Gasteiger partial charge on any atom is 0.333 e. The predicted octanol–water partition coefficient (Wildman–Crippen LogP) is 1.09. The fourth-order valence-corrected chi connectivity index (χ4v) is 1.56. The molecule has 0 unspecified atom stereocenters. The molecule has 16 heavy (non-hydrogen) atoms. The fourth-order valence-electron chi connectivity index (χ4n) is 1.56. The van der Waals surface area contributed by atoms with E-state index in [2.05, 4.69) is 4.98 Å². The van der Waals surface area contributed by atoms with Crippen LogP contribution in [0.5, 0.6) is 0 Å². The molecule has 0 amide bonds. The summed E-state index contributed by atoms with van der Waals surface area (Å²) in [4.78, 5) is 26.2. The van der Waals surface area contributed by atoms with Gasteiger partial charge >= 0.3 is 5.69 Å². The topological polar surface area (TPSA) is 54.9 Å². The van der Waals surface area contributed by atoms with E-state index in [0.29, 0.717) is 17.8 Å². The van der Waals surface area contributed by atoms with E-state index in [4.69, 9.17) is 0 Å². The maximum atomic E-state index is 11.8. The number of para-hydroxylation sites is 1. The molecule has 1 N–H and O–H groups in total. The second kappa shape index (κ2) is 4.18. The quantitative estimate of drug-likeness (QED) is 0.816. The Balaban J connectivity index is 2.68. The molecular formula is C12H12N2O2. The monoisotopic (exact) mass is 216 g/mol. The lowest BCUT2D eigenvalue weighted by molar-refractivity contribution is 0.837. The van der Waals surface area contributed by atoms with Crippen LogP contribution in [0.3, 0.4) is 0 Å². The van der Waals surface area contributed by atoms with Crippen LogP contribution in [0.4, 0.5) is 0 Å². The highest BCUT2D eigenvalue weighted by Crippen LogP contribution is 2.00. The Morgan fingerprint density at radius 2 is 1.88 bits per heavy atom. The summed E-state index contributed by atoms with van der Waals surface area (Å²) in [6.07, 6.45) is 0.639. The Kier molecular flexibility index (Phi) is 2.72. The lowest BCUT2D eigenvalue weighted by Gasteiger charge is -2.04. The number of aromatic amines is 1. The van der Waals surface area contributed by atoms with E-state index in [0.717, 1.165) is 4.57 Å². The van der Waals surface area contributed by atoms with Crippen molar-refractivity contribution in [1.82, 2.24) is 9.55 Å². The third kappa shape index (κ3) is 1.82. The Bertz CT molecular complexity index is 565. The third-order valence-electron chi connectivity index (χ3n) is 2.38. The van der Waals surface area contributed by atoms with Crippen molar-refractivity contribution >= 4 is 0 Å². The summed E-state index contributed by atoms with van der Waals surface area (Å²) in [7, 11) is 0. The van der Waals surface area contributed by atoms with E-state index in [1.165, 1.54) is 6.07 Å². The molecule has 82 valence electrons. The Morgan fingerprint density at radius 1 is 1.19 bits per heavy atom. The smallest absolute Gasteiger partial charge is 0.311 e. The molecule has 1 aromatic carbocycles. The van der Waals surface area contributed by atoms with E-state index >= 15 is 0 Å². The Hall–Kier alpha value is -2.10. The molecule has 0 fully saturated rings. The molecule has 2 rings (SSSR count). The van der Waals surface area contributed by atoms with Crippen molar-refractivity contribution in [3.63, 3.8) is 0 Å². The van der Waals surface area contributed by atoms with Crippen LogP contribution in [-0.2, 0) is 6.42 Å². The molecule has 0 radical (unpaired) electrons. The summed E-state index contributed by atoms with van der Waals surface area (Å²) in [5, 5.41) is 0. The summed E-state index contributed by atoms with van der Waals surface area (Å²) in [5.74, 6) is 0. The minimum Gasteiger partial charge on any atom is -0.311 e. The standard InChI is InChI=1S/C12H12N2O2/c1-2-9-8-11(15)14(12(16)13-9)10-6-4-3-5-7-10/h3-8H,2H2,1H3,(H,13,16). The lowest BCUT2D eigenvalue weighted by Crippen LogP contribution is -2.33.